The lowest BCUT2D eigenvalue weighted by atomic mass is 10.2. The molecule has 1 fully saturated rings. The molecule has 2 aromatic carbocycles. The van der Waals surface area contributed by atoms with Crippen LogP contribution in [0, 0.1) is 0 Å². The highest BCUT2D eigenvalue weighted by atomic mass is 32.2. The van der Waals surface area contributed by atoms with E-state index in [1.54, 1.807) is 19.2 Å². The standard InChI is InChI=1S/C22H26N2O5S/c1-23(16-18-10-4-2-5-11-18)21(25)17-29-22(26)19-12-6-7-13-20(19)30(27,28)24-14-8-3-9-15-24/h2,4-7,10-13H,3,8-9,14-17H2,1H3. The largest absolute Gasteiger partial charge is 0.452 e. The molecule has 0 radical (unpaired) electrons. The zero-order valence-electron chi connectivity index (χ0n) is 17.0. The molecule has 0 spiro atoms. The Morgan fingerprint density at radius 2 is 1.60 bits per heavy atom. The molecule has 3 rings (SSSR count). The van der Waals surface area contributed by atoms with Crippen LogP contribution in [0.3, 0.4) is 0 Å². The fourth-order valence-corrected chi connectivity index (χ4v) is 5.06. The van der Waals surface area contributed by atoms with E-state index in [1.807, 2.05) is 30.3 Å². The van der Waals surface area contributed by atoms with Crippen LogP contribution in [0.2, 0.25) is 0 Å². The summed E-state index contributed by atoms with van der Waals surface area (Å²) in [5.74, 6) is -1.20. The van der Waals surface area contributed by atoms with Crippen molar-refractivity contribution in [3.8, 4) is 0 Å². The van der Waals surface area contributed by atoms with Crippen LogP contribution >= 0.6 is 0 Å². The summed E-state index contributed by atoms with van der Waals surface area (Å²) in [4.78, 5) is 26.3. The molecular weight excluding hydrogens is 404 g/mol. The zero-order chi connectivity index (χ0) is 21.6. The summed E-state index contributed by atoms with van der Waals surface area (Å²) in [5.41, 5.74) is 0.902. The highest BCUT2D eigenvalue weighted by Crippen LogP contribution is 2.24. The van der Waals surface area contributed by atoms with Gasteiger partial charge in [-0.15, -0.1) is 0 Å². The van der Waals surface area contributed by atoms with Crippen LogP contribution < -0.4 is 0 Å². The predicted octanol–water partition coefficient (Wildman–Crippen LogP) is 2.68. The number of hydrogen-bond acceptors (Lipinski definition) is 5. The predicted molar refractivity (Wildman–Crippen MR) is 112 cm³/mol. The Kier molecular flexibility index (Phi) is 7.23. The van der Waals surface area contributed by atoms with Crippen molar-refractivity contribution in [2.24, 2.45) is 0 Å². The first kappa shape index (κ1) is 22.0. The Bertz CT molecular complexity index is 986. The van der Waals surface area contributed by atoms with E-state index >= 15 is 0 Å². The fourth-order valence-electron chi connectivity index (χ4n) is 3.37. The van der Waals surface area contributed by atoms with Crippen molar-refractivity contribution in [2.75, 3.05) is 26.7 Å². The Balaban J connectivity index is 1.66. The molecule has 0 bridgehead atoms. The monoisotopic (exact) mass is 430 g/mol. The average Bonchev–Trinajstić information content (AvgIpc) is 2.78. The van der Waals surface area contributed by atoms with E-state index in [9.17, 15) is 18.0 Å². The lowest BCUT2D eigenvalue weighted by Crippen LogP contribution is -2.36. The summed E-state index contributed by atoms with van der Waals surface area (Å²) >= 11 is 0. The fraction of sp³-hybridized carbons (Fsp3) is 0.364. The summed E-state index contributed by atoms with van der Waals surface area (Å²) in [6.07, 6.45) is 2.59. The molecule has 1 heterocycles. The third-order valence-corrected chi connectivity index (χ3v) is 7.01. The molecule has 0 N–H and O–H groups in total. The van der Waals surface area contributed by atoms with Crippen LogP contribution in [0.4, 0.5) is 0 Å². The number of hydrogen-bond donors (Lipinski definition) is 0. The molecule has 0 saturated carbocycles. The molecule has 1 aliphatic rings. The van der Waals surface area contributed by atoms with Gasteiger partial charge < -0.3 is 9.64 Å². The maximum atomic E-state index is 13.0. The van der Waals surface area contributed by atoms with Gasteiger partial charge in [-0.1, -0.05) is 48.9 Å². The minimum atomic E-state index is -3.80. The molecule has 1 saturated heterocycles. The number of carbonyl (C=O) groups is 2. The summed E-state index contributed by atoms with van der Waals surface area (Å²) in [6, 6.07) is 15.4. The van der Waals surface area contributed by atoms with Crippen LogP contribution in [0.1, 0.15) is 35.2 Å². The lowest BCUT2D eigenvalue weighted by molar-refractivity contribution is -0.133. The molecule has 160 valence electrons. The van der Waals surface area contributed by atoms with Crippen LogP contribution in [0.25, 0.3) is 0 Å². The van der Waals surface area contributed by atoms with Crippen molar-refractivity contribution < 1.29 is 22.7 Å². The Hall–Kier alpha value is -2.71. The van der Waals surface area contributed by atoms with Crippen molar-refractivity contribution in [1.82, 2.24) is 9.21 Å². The first-order valence-electron chi connectivity index (χ1n) is 9.94. The van der Waals surface area contributed by atoms with Crippen molar-refractivity contribution in [3.63, 3.8) is 0 Å². The number of nitrogens with zero attached hydrogens (tertiary/aromatic N) is 2. The Morgan fingerprint density at radius 1 is 0.967 bits per heavy atom. The molecule has 0 atom stereocenters. The van der Waals surface area contributed by atoms with Gasteiger partial charge in [-0.25, -0.2) is 13.2 Å². The van der Waals surface area contributed by atoms with Gasteiger partial charge in [0.1, 0.15) is 0 Å². The van der Waals surface area contributed by atoms with Crippen LogP contribution in [0.5, 0.6) is 0 Å². The van der Waals surface area contributed by atoms with E-state index in [2.05, 4.69) is 0 Å². The van der Waals surface area contributed by atoms with Gasteiger partial charge in [-0.05, 0) is 30.5 Å². The highest BCUT2D eigenvalue weighted by Gasteiger charge is 2.30. The number of benzene rings is 2. The number of carbonyl (C=O) groups excluding carboxylic acids is 2. The molecule has 1 amide bonds. The van der Waals surface area contributed by atoms with Gasteiger partial charge >= 0.3 is 5.97 Å². The first-order chi connectivity index (χ1) is 14.4. The molecule has 0 aliphatic carbocycles. The number of ether oxygens (including phenoxy) is 1. The van der Waals surface area contributed by atoms with Gasteiger partial charge in [0.15, 0.2) is 6.61 Å². The lowest BCUT2D eigenvalue weighted by Gasteiger charge is -2.26. The molecule has 0 unspecified atom stereocenters. The number of sulfonamides is 1. The summed E-state index contributed by atoms with van der Waals surface area (Å²) in [6.45, 7) is 0.806. The first-order valence-corrected chi connectivity index (χ1v) is 11.4. The number of likely N-dealkylation sites (N-methyl/N-ethyl adjacent to an activating group) is 1. The van der Waals surface area contributed by atoms with E-state index in [4.69, 9.17) is 4.74 Å². The number of esters is 1. The maximum absolute atomic E-state index is 13.0. The second kappa shape index (κ2) is 9.86. The van der Waals surface area contributed by atoms with Gasteiger partial charge in [0.25, 0.3) is 5.91 Å². The summed E-state index contributed by atoms with van der Waals surface area (Å²) in [5, 5.41) is 0. The second-order valence-corrected chi connectivity index (χ2v) is 9.18. The van der Waals surface area contributed by atoms with Crippen LogP contribution in [0.15, 0.2) is 59.5 Å². The van der Waals surface area contributed by atoms with Crippen molar-refractivity contribution in [3.05, 3.63) is 65.7 Å². The van der Waals surface area contributed by atoms with E-state index < -0.39 is 22.6 Å². The van der Waals surface area contributed by atoms with Crippen molar-refractivity contribution in [2.45, 2.75) is 30.7 Å². The molecule has 8 heteroatoms. The van der Waals surface area contributed by atoms with Gasteiger partial charge in [0, 0.05) is 26.7 Å². The van der Waals surface area contributed by atoms with Gasteiger partial charge in [0.05, 0.1) is 10.5 Å². The maximum Gasteiger partial charge on any atom is 0.340 e. The minimum absolute atomic E-state index is 0.0541. The molecule has 1 aliphatic heterocycles. The zero-order valence-corrected chi connectivity index (χ0v) is 17.8. The third kappa shape index (κ3) is 5.25. The normalized spacial score (nSPS) is 14.8. The highest BCUT2D eigenvalue weighted by molar-refractivity contribution is 7.89. The van der Waals surface area contributed by atoms with E-state index in [0.29, 0.717) is 19.6 Å². The Labute approximate surface area is 177 Å². The van der Waals surface area contributed by atoms with Gasteiger partial charge in [0.2, 0.25) is 10.0 Å². The SMILES string of the molecule is CN(Cc1ccccc1)C(=O)COC(=O)c1ccccc1S(=O)(=O)N1CCCCC1. The topological polar surface area (TPSA) is 84.0 Å². The van der Waals surface area contributed by atoms with Gasteiger partial charge in [-0.2, -0.15) is 4.31 Å². The number of piperidine rings is 1. The van der Waals surface area contributed by atoms with Crippen molar-refractivity contribution >= 4 is 21.9 Å². The third-order valence-electron chi connectivity index (χ3n) is 5.05. The molecule has 30 heavy (non-hydrogen) atoms. The van der Waals surface area contributed by atoms with Crippen LogP contribution in [-0.4, -0.2) is 56.2 Å². The second-order valence-electron chi connectivity index (χ2n) is 7.27. The molecular formula is C22H26N2O5S. The summed E-state index contributed by atoms with van der Waals surface area (Å²) in [7, 11) is -2.17. The number of amides is 1. The van der Waals surface area contributed by atoms with E-state index in [-0.39, 0.29) is 16.4 Å². The molecule has 7 nitrogen and oxygen atoms in total. The Morgan fingerprint density at radius 3 is 2.30 bits per heavy atom. The van der Waals surface area contributed by atoms with Crippen LogP contribution in [-0.2, 0) is 26.1 Å². The van der Waals surface area contributed by atoms with Crippen molar-refractivity contribution in [1.29, 1.82) is 0 Å². The van der Waals surface area contributed by atoms with E-state index in [0.717, 1.165) is 24.8 Å². The van der Waals surface area contributed by atoms with E-state index in [1.165, 1.54) is 21.3 Å². The molecule has 2 aromatic rings. The molecule has 0 aromatic heterocycles. The minimum Gasteiger partial charge on any atom is -0.452 e. The van der Waals surface area contributed by atoms with Gasteiger partial charge in [-0.3, -0.25) is 4.79 Å². The summed E-state index contributed by atoms with van der Waals surface area (Å²) < 4.78 is 32.6. The smallest absolute Gasteiger partial charge is 0.340 e. The number of rotatable bonds is 7. The average molecular weight is 431 g/mol. The quantitative estimate of drug-likeness (QED) is 0.631.